The molecule has 1 aromatic carbocycles. The smallest absolute Gasteiger partial charge is 0.281 e. The number of fused-ring (bicyclic) bond motifs is 1. The highest BCUT2D eigenvalue weighted by Crippen LogP contribution is 2.31. The van der Waals surface area contributed by atoms with Gasteiger partial charge in [0.2, 0.25) is 5.91 Å². The van der Waals surface area contributed by atoms with Crippen molar-refractivity contribution in [1.29, 1.82) is 0 Å². The molecule has 0 N–H and O–H groups in total. The average Bonchev–Trinajstić information content (AvgIpc) is 2.73. The van der Waals surface area contributed by atoms with Crippen molar-refractivity contribution in [2.24, 2.45) is 0 Å². The Morgan fingerprint density at radius 3 is 2.52 bits per heavy atom. The molecule has 0 saturated heterocycles. The Morgan fingerprint density at radius 2 is 1.90 bits per heavy atom. The molecule has 1 aliphatic rings. The van der Waals surface area contributed by atoms with Gasteiger partial charge in [0.15, 0.2) is 0 Å². The molecule has 1 aromatic rings. The van der Waals surface area contributed by atoms with Crippen LogP contribution >= 0.6 is 0 Å². The highest BCUT2D eigenvalue weighted by Gasteiger charge is 2.33. The van der Waals surface area contributed by atoms with Gasteiger partial charge in [-0.3, -0.25) is 4.79 Å². The topological polar surface area (TPSA) is 60.9 Å². The number of para-hydroxylation sites is 1. The zero-order chi connectivity index (χ0) is 15.8. The Kier molecular flexibility index (Phi) is 4.36. The highest BCUT2D eigenvalue weighted by atomic mass is 32.2. The van der Waals surface area contributed by atoms with E-state index in [4.69, 9.17) is 0 Å². The van der Waals surface area contributed by atoms with Crippen LogP contribution in [0.3, 0.4) is 0 Å². The van der Waals surface area contributed by atoms with Gasteiger partial charge >= 0.3 is 0 Å². The summed E-state index contributed by atoms with van der Waals surface area (Å²) >= 11 is 0. The Hall–Kier alpha value is -1.44. The molecule has 21 heavy (non-hydrogen) atoms. The van der Waals surface area contributed by atoms with Crippen LogP contribution in [0.5, 0.6) is 0 Å². The maximum absolute atomic E-state index is 12.5. The lowest BCUT2D eigenvalue weighted by Crippen LogP contribution is -2.46. The lowest BCUT2D eigenvalue weighted by Gasteiger charge is -2.26. The van der Waals surface area contributed by atoms with Crippen LogP contribution in [0.1, 0.15) is 12.5 Å². The van der Waals surface area contributed by atoms with Crippen LogP contribution in [0.4, 0.5) is 5.69 Å². The average molecular weight is 311 g/mol. The molecule has 7 heteroatoms. The molecule has 0 bridgehead atoms. The number of carbonyl (C=O) groups excluding carboxylic acids is 1. The summed E-state index contributed by atoms with van der Waals surface area (Å²) in [4.78, 5) is 14.2. The normalized spacial score (nSPS) is 18.4. The molecular formula is C14H21N3O3S. The maximum atomic E-state index is 12.5. The number of carbonyl (C=O) groups is 1. The van der Waals surface area contributed by atoms with E-state index in [-0.39, 0.29) is 18.5 Å². The molecular weight excluding hydrogens is 290 g/mol. The van der Waals surface area contributed by atoms with E-state index >= 15 is 0 Å². The number of hydrogen-bond acceptors (Lipinski definition) is 3. The molecule has 0 aliphatic carbocycles. The van der Waals surface area contributed by atoms with Crippen molar-refractivity contribution in [2.75, 3.05) is 32.6 Å². The van der Waals surface area contributed by atoms with E-state index in [9.17, 15) is 13.2 Å². The zero-order valence-electron chi connectivity index (χ0n) is 12.8. The fourth-order valence-corrected chi connectivity index (χ4v) is 3.40. The molecule has 1 amide bonds. The lowest BCUT2D eigenvalue weighted by molar-refractivity contribution is -0.119. The number of hydrogen-bond donors (Lipinski definition) is 0. The molecule has 0 saturated carbocycles. The van der Waals surface area contributed by atoms with Gasteiger partial charge in [-0.05, 0) is 25.0 Å². The minimum Gasteiger partial charge on any atom is -0.308 e. The summed E-state index contributed by atoms with van der Waals surface area (Å²) in [5, 5.41) is 0. The predicted molar refractivity (Wildman–Crippen MR) is 82.3 cm³/mol. The summed E-state index contributed by atoms with van der Waals surface area (Å²) in [7, 11) is 0.736. The predicted octanol–water partition coefficient (Wildman–Crippen LogP) is 0.702. The van der Waals surface area contributed by atoms with Crippen molar-refractivity contribution in [2.45, 2.75) is 19.4 Å². The molecule has 1 aliphatic heterocycles. The molecule has 0 radical (unpaired) electrons. The molecule has 116 valence electrons. The third kappa shape index (κ3) is 2.95. The van der Waals surface area contributed by atoms with Crippen molar-refractivity contribution in [3.8, 4) is 0 Å². The van der Waals surface area contributed by atoms with E-state index in [1.54, 1.807) is 4.90 Å². The third-order valence-corrected chi connectivity index (χ3v) is 5.53. The van der Waals surface area contributed by atoms with Gasteiger partial charge in [0, 0.05) is 32.9 Å². The van der Waals surface area contributed by atoms with Gasteiger partial charge in [0.25, 0.3) is 10.2 Å². The van der Waals surface area contributed by atoms with E-state index in [2.05, 4.69) is 0 Å². The maximum Gasteiger partial charge on any atom is 0.281 e. The van der Waals surface area contributed by atoms with Crippen LogP contribution in [-0.4, -0.2) is 56.7 Å². The zero-order valence-corrected chi connectivity index (χ0v) is 13.6. The number of benzene rings is 1. The molecule has 0 spiro atoms. The summed E-state index contributed by atoms with van der Waals surface area (Å²) in [6.07, 6.45) is 0.798. The summed E-state index contributed by atoms with van der Waals surface area (Å²) in [6.45, 7) is 1.80. The Morgan fingerprint density at radius 1 is 1.29 bits per heavy atom. The van der Waals surface area contributed by atoms with Gasteiger partial charge in [0.1, 0.15) is 0 Å². The molecule has 1 heterocycles. The van der Waals surface area contributed by atoms with Gasteiger partial charge in [-0.1, -0.05) is 18.2 Å². The summed E-state index contributed by atoms with van der Waals surface area (Å²) in [6, 6.07) is 7.78. The molecule has 0 fully saturated rings. The van der Waals surface area contributed by atoms with Crippen LogP contribution in [0, 0.1) is 0 Å². The molecule has 1 atom stereocenters. The van der Waals surface area contributed by atoms with Crippen molar-refractivity contribution in [3.05, 3.63) is 29.8 Å². The standard InChI is InChI=1S/C14H21N3O3S/c1-11-9-12-7-5-6-8-13(12)17(11)14(18)10-16(4)21(19,20)15(2)3/h5-8,11H,9-10H2,1-4H3/t11-/m1/s1. The van der Waals surface area contributed by atoms with E-state index < -0.39 is 10.2 Å². The van der Waals surface area contributed by atoms with E-state index in [0.717, 1.165) is 26.3 Å². The first-order valence-corrected chi connectivity index (χ1v) is 8.18. The second-order valence-electron chi connectivity index (χ2n) is 5.49. The van der Waals surface area contributed by atoms with Crippen LogP contribution in [0.2, 0.25) is 0 Å². The molecule has 0 unspecified atom stereocenters. The Bertz CT molecular complexity index is 643. The fraction of sp³-hybridized carbons (Fsp3) is 0.500. The number of likely N-dealkylation sites (N-methyl/N-ethyl adjacent to an activating group) is 1. The minimum absolute atomic E-state index is 0.0466. The summed E-state index contributed by atoms with van der Waals surface area (Å²) < 4.78 is 26.1. The van der Waals surface area contributed by atoms with E-state index in [1.165, 1.54) is 21.1 Å². The third-order valence-electron chi connectivity index (χ3n) is 3.69. The number of nitrogens with zero attached hydrogens (tertiary/aromatic N) is 3. The highest BCUT2D eigenvalue weighted by molar-refractivity contribution is 7.86. The molecule has 2 rings (SSSR count). The van der Waals surface area contributed by atoms with Crippen molar-refractivity contribution >= 4 is 21.8 Å². The van der Waals surface area contributed by atoms with E-state index in [1.807, 2.05) is 31.2 Å². The second-order valence-corrected chi connectivity index (χ2v) is 7.74. The van der Waals surface area contributed by atoms with Crippen molar-refractivity contribution < 1.29 is 13.2 Å². The quantitative estimate of drug-likeness (QED) is 0.822. The van der Waals surface area contributed by atoms with Gasteiger partial charge in [-0.2, -0.15) is 17.0 Å². The Labute approximate surface area is 126 Å². The summed E-state index contributed by atoms with van der Waals surface area (Å²) in [5.74, 6) is -0.208. The minimum atomic E-state index is -3.58. The second kappa shape index (κ2) is 5.75. The van der Waals surface area contributed by atoms with E-state index in [0.29, 0.717) is 0 Å². The van der Waals surface area contributed by atoms with Crippen LogP contribution in [0.15, 0.2) is 24.3 Å². The van der Waals surface area contributed by atoms with Crippen molar-refractivity contribution in [3.63, 3.8) is 0 Å². The first kappa shape index (κ1) is 15.9. The SMILES string of the molecule is C[C@@H]1Cc2ccccc2N1C(=O)CN(C)S(=O)(=O)N(C)C. The molecule has 0 aromatic heterocycles. The molecule has 6 nitrogen and oxygen atoms in total. The number of rotatable bonds is 4. The van der Waals surface area contributed by atoms with Gasteiger partial charge in [0.05, 0.1) is 6.54 Å². The number of amides is 1. The van der Waals surface area contributed by atoms with Crippen LogP contribution < -0.4 is 4.90 Å². The first-order valence-electron chi connectivity index (χ1n) is 6.79. The van der Waals surface area contributed by atoms with Crippen LogP contribution in [-0.2, 0) is 21.4 Å². The van der Waals surface area contributed by atoms with Crippen molar-refractivity contribution in [1.82, 2.24) is 8.61 Å². The van der Waals surface area contributed by atoms with Gasteiger partial charge < -0.3 is 4.90 Å². The monoisotopic (exact) mass is 311 g/mol. The van der Waals surface area contributed by atoms with Gasteiger partial charge in [-0.15, -0.1) is 0 Å². The number of anilines is 1. The van der Waals surface area contributed by atoms with Crippen LogP contribution in [0.25, 0.3) is 0 Å². The lowest BCUT2D eigenvalue weighted by atomic mass is 10.1. The summed E-state index contributed by atoms with van der Waals surface area (Å²) in [5.41, 5.74) is 2.00. The van der Waals surface area contributed by atoms with Gasteiger partial charge in [-0.25, -0.2) is 0 Å². The Balaban J connectivity index is 2.18. The first-order chi connectivity index (χ1) is 9.75. The largest absolute Gasteiger partial charge is 0.308 e. The fourth-order valence-electron chi connectivity index (χ4n) is 2.57.